The zero-order valence-electron chi connectivity index (χ0n) is 6.64. The number of carbonyl (C=O) groups is 3. The molecule has 6 heteroatoms. The van der Waals surface area contributed by atoms with Gasteiger partial charge in [-0.15, -0.1) is 0 Å². The predicted octanol–water partition coefficient (Wildman–Crippen LogP) is 1.91. The first-order valence-corrected chi connectivity index (χ1v) is 4.61. The molecule has 0 aliphatic heterocycles. The van der Waals surface area contributed by atoms with Crippen molar-refractivity contribution >= 4 is 50.5 Å². The topological polar surface area (TPSA) is 51.2 Å². The monoisotopic (exact) mass is 252 g/mol. The van der Waals surface area contributed by atoms with Gasteiger partial charge in [0, 0.05) is 11.1 Å². The van der Waals surface area contributed by atoms with Crippen LogP contribution in [0.25, 0.3) is 0 Å². The maximum Gasteiger partial charge on any atom is 0.253 e. The highest BCUT2D eigenvalue weighted by Gasteiger charge is 2.29. The first-order valence-electron chi connectivity index (χ1n) is 3.48. The average Bonchev–Trinajstić information content (AvgIpc) is 2.46. The number of carbonyl (C=O) groups excluding carboxylic acids is 3. The molecule has 3 nitrogen and oxygen atoms in total. The van der Waals surface area contributed by atoms with E-state index < -0.39 is 15.7 Å². The Hall–Kier alpha value is -0.640. The second-order valence-corrected chi connectivity index (χ2v) is 3.53. The predicted molar refractivity (Wildman–Crippen MR) is 52.3 cm³/mol. The Morgan fingerprint density at radius 3 is 1.93 bits per heavy atom. The van der Waals surface area contributed by atoms with Crippen molar-refractivity contribution in [2.75, 3.05) is 0 Å². The Kier molecular flexibility index (Phi) is 3.48. The van der Waals surface area contributed by atoms with E-state index in [9.17, 15) is 14.4 Å². The molecule has 0 unspecified atom stereocenters. The van der Waals surface area contributed by atoms with Crippen LogP contribution in [-0.2, 0) is 14.4 Å². The lowest BCUT2D eigenvalue weighted by molar-refractivity contribution is -0.111. The summed E-state index contributed by atoms with van der Waals surface area (Å²) in [6.45, 7) is 0. The van der Waals surface area contributed by atoms with Crippen molar-refractivity contribution in [3.63, 3.8) is 0 Å². The molecule has 0 heterocycles. The molecule has 0 saturated heterocycles. The van der Waals surface area contributed by atoms with Gasteiger partial charge in [0.05, 0.1) is 5.57 Å². The molecule has 0 radical (unpaired) electrons. The molecule has 0 amide bonds. The van der Waals surface area contributed by atoms with Crippen LogP contribution in [0, 0.1) is 0 Å². The molecule has 74 valence electrons. The van der Waals surface area contributed by atoms with E-state index in [-0.39, 0.29) is 23.1 Å². The van der Waals surface area contributed by atoms with Gasteiger partial charge in [-0.2, -0.15) is 0 Å². The van der Waals surface area contributed by atoms with Crippen molar-refractivity contribution in [3.8, 4) is 0 Å². The molecule has 0 saturated carbocycles. The first-order chi connectivity index (χ1) is 6.45. The van der Waals surface area contributed by atoms with Gasteiger partial charge in [-0.3, -0.25) is 14.4 Å². The van der Waals surface area contributed by atoms with E-state index in [0.717, 1.165) is 0 Å². The van der Waals surface area contributed by atoms with Crippen LogP contribution in [0.2, 0.25) is 0 Å². The SMILES string of the molecule is O=C(Cl)C1=CCC(C(=O)Cl)=C1C(=O)Cl. The Morgan fingerprint density at radius 2 is 1.57 bits per heavy atom. The third-order valence-electron chi connectivity index (χ3n) is 1.73. The van der Waals surface area contributed by atoms with E-state index in [1.54, 1.807) is 0 Å². The van der Waals surface area contributed by atoms with Crippen molar-refractivity contribution in [2.24, 2.45) is 0 Å². The summed E-state index contributed by atoms with van der Waals surface area (Å²) >= 11 is 15.6. The number of rotatable bonds is 3. The number of hydrogen-bond donors (Lipinski definition) is 0. The summed E-state index contributed by atoms with van der Waals surface area (Å²) in [6, 6.07) is 0. The molecule has 0 atom stereocenters. The van der Waals surface area contributed by atoms with Crippen molar-refractivity contribution in [1.29, 1.82) is 0 Å². The lowest BCUT2D eigenvalue weighted by atomic mass is 10.1. The fraction of sp³-hybridized carbons (Fsp3) is 0.125. The van der Waals surface area contributed by atoms with Crippen LogP contribution >= 0.6 is 34.8 Å². The minimum atomic E-state index is -0.910. The maximum atomic E-state index is 10.9. The van der Waals surface area contributed by atoms with Crippen LogP contribution in [0.5, 0.6) is 0 Å². The van der Waals surface area contributed by atoms with Crippen LogP contribution in [0.3, 0.4) is 0 Å². The summed E-state index contributed by atoms with van der Waals surface area (Å²) in [4.78, 5) is 32.6. The minimum Gasteiger partial charge on any atom is -0.276 e. The van der Waals surface area contributed by atoms with Crippen molar-refractivity contribution in [3.05, 3.63) is 22.8 Å². The molecular formula is C8H3Cl3O3. The summed E-state index contributed by atoms with van der Waals surface area (Å²) in [5, 5.41) is -2.55. The standard InChI is InChI=1S/C8H3Cl3O3/c9-6(12)3-1-2-4(7(10)13)5(3)8(11)14/h1H,2H2. The fourth-order valence-electron chi connectivity index (χ4n) is 1.15. The molecule has 1 aliphatic rings. The first kappa shape index (κ1) is 11.4. The van der Waals surface area contributed by atoms with Gasteiger partial charge in [0.2, 0.25) is 5.24 Å². The zero-order chi connectivity index (χ0) is 10.9. The number of halogens is 3. The van der Waals surface area contributed by atoms with E-state index in [4.69, 9.17) is 34.8 Å². The van der Waals surface area contributed by atoms with E-state index in [1.165, 1.54) is 6.08 Å². The minimum absolute atomic E-state index is 0.00988. The second-order valence-electron chi connectivity index (χ2n) is 2.50. The highest BCUT2D eigenvalue weighted by Crippen LogP contribution is 2.30. The lowest BCUT2D eigenvalue weighted by Crippen LogP contribution is -2.05. The Balaban J connectivity index is 3.24. The average molecular weight is 253 g/mol. The Labute approximate surface area is 94.3 Å². The Morgan fingerprint density at radius 1 is 1.00 bits per heavy atom. The van der Waals surface area contributed by atoms with Gasteiger partial charge in [0.1, 0.15) is 0 Å². The van der Waals surface area contributed by atoms with Gasteiger partial charge in [-0.1, -0.05) is 6.08 Å². The fourth-order valence-corrected chi connectivity index (χ4v) is 1.71. The molecule has 0 aromatic rings. The van der Waals surface area contributed by atoms with Crippen molar-refractivity contribution < 1.29 is 14.4 Å². The van der Waals surface area contributed by atoms with Gasteiger partial charge < -0.3 is 0 Å². The van der Waals surface area contributed by atoms with Crippen molar-refractivity contribution in [1.82, 2.24) is 0 Å². The summed E-state index contributed by atoms with van der Waals surface area (Å²) < 4.78 is 0. The smallest absolute Gasteiger partial charge is 0.253 e. The van der Waals surface area contributed by atoms with E-state index in [1.807, 2.05) is 0 Å². The highest BCUT2D eigenvalue weighted by atomic mass is 35.5. The maximum absolute atomic E-state index is 10.9. The summed E-state index contributed by atoms with van der Waals surface area (Å²) in [6.07, 6.45) is 1.45. The van der Waals surface area contributed by atoms with Crippen LogP contribution in [0.1, 0.15) is 6.42 Å². The molecule has 1 rings (SSSR count). The van der Waals surface area contributed by atoms with E-state index in [2.05, 4.69) is 0 Å². The number of hydrogen-bond acceptors (Lipinski definition) is 3. The van der Waals surface area contributed by atoms with Gasteiger partial charge >= 0.3 is 0 Å². The molecule has 0 N–H and O–H groups in total. The van der Waals surface area contributed by atoms with Gasteiger partial charge in [-0.25, -0.2) is 0 Å². The van der Waals surface area contributed by atoms with Crippen LogP contribution in [0.4, 0.5) is 0 Å². The second kappa shape index (κ2) is 4.26. The third-order valence-corrected chi connectivity index (χ3v) is 2.35. The summed E-state index contributed by atoms with van der Waals surface area (Å²) in [5.74, 6) is 0. The Bertz CT molecular complexity index is 393. The molecule has 0 spiro atoms. The van der Waals surface area contributed by atoms with E-state index >= 15 is 0 Å². The summed E-state index contributed by atoms with van der Waals surface area (Å²) in [7, 11) is 0. The van der Waals surface area contributed by atoms with Crippen LogP contribution in [0.15, 0.2) is 22.8 Å². The zero-order valence-corrected chi connectivity index (χ0v) is 8.91. The lowest BCUT2D eigenvalue weighted by Gasteiger charge is -1.99. The quantitative estimate of drug-likeness (QED) is 0.722. The molecule has 0 bridgehead atoms. The van der Waals surface area contributed by atoms with Gasteiger partial charge in [-0.05, 0) is 41.2 Å². The third kappa shape index (κ3) is 2.05. The summed E-state index contributed by atoms with van der Waals surface area (Å²) in [5.41, 5.74) is -0.238. The van der Waals surface area contributed by atoms with Gasteiger partial charge in [0.15, 0.2) is 0 Å². The molecule has 0 aromatic heterocycles. The van der Waals surface area contributed by atoms with Gasteiger partial charge in [0.25, 0.3) is 10.5 Å². The molecule has 0 aromatic carbocycles. The van der Waals surface area contributed by atoms with Crippen molar-refractivity contribution in [2.45, 2.75) is 6.42 Å². The highest BCUT2D eigenvalue weighted by molar-refractivity contribution is 6.75. The number of allylic oxidation sites excluding steroid dienone is 4. The largest absolute Gasteiger partial charge is 0.276 e. The molecule has 1 aliphatic carbocycles. The van der Waals surface area contributed by atoms with E-state index in [0.29, 0.717) is 0 Å². The van der Waals surface area contributed by atoms with Crippen LogP contribution in [-0.4, -0.2) is 15.7 Å². The molecule has 14 heavy (non-hydrogen) atoms. The normalized spacial score (nSPS) is 15.5. The van der Waals surface area contributed by atoms with Crippen LogP contribution < -0.4 is 0 Å². The molecular weight excluding hydrogens is 250 g/mol. The molecule has 0 fully saturated rings.